The molecule has 0 aliphatic carbocycles. The van der Waals surface area contributed by atoms with Gasteiger partial charge in [0.2, 0.25) is 0 Å². The number of halogens is 2. The van der Waals surface area contributed by atoms with Crippen molar-refractivity contribution in [1.29, 1.82) is 0 Å². The number of nitrogens with one attached hydrogen (secondary N) is 1. The number of hydrogen-bond acceptors (Lipinski definition) is 2. The largest absolute Gasteiger partial charge is 0.343 e. The molecule has 1 aliphatic heterocycles. The smallest absolute Gasteiger partial charge is 0.137 e. The fourth-order valence-corrected chi connectivity index (χ4v) is 3.61. The number of benzene rings is 1. The summed E-state index contributed by atoms with van der Waals surface area (Å²) in [5.74, 6) is -0.633. The van der Waals surface area contributed by atoms with E-state index in [1.807, 2.05) is 6.07 Å². The van der Waals surface area contributed by atoms with Crippen molar-refractivity contribution >= 4 is 11.0 Å². The van der Waals surface area contributed by atoms with E-state index in [9.17, 15) is 8.78 Å². The third-order valence-corrected chi connectivity index (χ3v) is 4.69. The molecule has 0 radical (unpaired) electrons. The van der Waals surface area contributed by atoms with Crippen molar-refractivity contribution in [3.05, 3.63) is 65.5 Å². The quantitative estimate of drug-likeness (QED) is 0.781. The number of fused-ring (bicyclic) bond motifs is 1. The average molecular weight is 327 g/mol. The summed E-state index contributed by atoms with van der Waals surface area (Å²) in [5, 5.41) is 1.12. The molecule has 0 saturated carbocycles. The topological polar surface area (TPSA) is 31.9 Å². The summed E-state index contributed by atoms with van der Waals surface area (Å²) in [7, 11) is 0. The van der Waals surface area contributed by atoms with Crippen molar-refractivity contribution in [3.63, 3.8) is 0 Å². The molecule has 0 unspecified atom stereocenters. The van der Waals surface area contributed by atoms with Gasteiger partial charge in [-0.15, -0.1) is 0 Å². The molecule has 1 aromatic carbocycles. The SMILES string of the molecule is Fc1cc(F)cc(CN2CCC[C@H](c3cc4cccnc4[nH]3)C2)c1. The minimum atomic E-state index is -0.514. The summed E-state index contributed by atoms with van der Waals surface area (Å²) < 4.78 is 26.7. The Hall–Kier alpha value is -2.27. The minimum absolute atomic E-state index is 0.395. The van der Waals surface area contributed by atoms with E-state index in [4.69, 9.17) is 0 Å². The molecule has 2 aromatic heterocycles. The van der Waals surface area contributed by atoms with Crippen molar-refractivity contribution in [2.75, 3.05) is 13.1 Å². The van der Waals surface area contributed by atoms with Crippen LogP contribution in [0.15, 0.2) is 42.6 Å². The third-order valence-electron chi connectivity index (χ3n) is 4.69. The molecule has 1 atom stereocenters. The predicted octanol–water partition coefficient (Wildman–Crippen LogP) is 4.22. The summed E-state index contributed by atoms with van der Waals surface area (Å²) in [5.41, 5.74) is 2.79. The Kier molecular flexibility index (Phi) is 4.02. The molecule has 1 fully saturated rings. The molecule has 0 amide bonds. The maximum atomic E-state index is 13.4. The molecule has 3 aromatic rings. The highest BCUT2D eigenvalue weighted by molar-refractivity contribution is 5.76. The standard InChI is InChI=1S/C19H19F2N3/c20-16-7-13(8-17(21)10-16)11-24-6-2-4-15(12-24)18-9-14-3-1-5-22-19(14)23-18/h1,3,5,7-10,15H,2,4,6,11-12H2,(H,22,23)/t15-/m0/s1. The molecule has 0 spiro atoms. The number of aromatic amines is 1. The Morgan fingerprint density at radius 3 is 2.79 bits per heavy atom. The van der Waals surface area contributed by atoms with Gasteiger partial charge in [-0.1, -0.05) is 0 Å². The molecular weight excluding hydrogens is 308 g/mol. The van der Waals surface area contributed by atoms with Gasteiger partial charge >= 0.3 is 0 Å². The van der Waals surface area contributed by atoms with E-state index in [-0.39, 0.29) is 0 Å². The normalized spacial score (nSPS) is 19.0. The molecule has 24 heavy (non-hydrogen) atoms. The first-order valence-corrected chi connectivity index (χ1v) is 8.28. The Bertz CT molecular complexity index is 805. The first kappa shape index (κ1) is 15.3. The fraction of sp³-hybridized carbons (Fsp3) is 0.316. The molecular formula is C19H19F2N3. The predicted molar refractivity (Wildman–Crippen MR) is 89.7 cm³/mol. The molecule has 124 valence electrons. The van der Waals surface area contributed by atoms with Crippen LogP contribution in [0.3, 0.4) is 0 Å². The van der Waals surface area contributed by atoms with E-state index in [2.05, 4.69) is 27.0 Å². The van der Waals surface area contributed by atoms with E-state index in [0.717, 1.165) is 43.0 Å². The number of likely N-dealkylation sites (tertiary alicyclic amines) is 1. The van der Waals surface area contributed by atoms with E-state index < -0.39 is 11.6 Å². The zero-order chi connectivity index (χ0) is 16.5. The van der Waals surface area contributed by atoms with Gasteiger partial charge < -0.3 is 4.98 Å². The molecule has 5 heteroatoms. The first-order chi connectivity index (χ1) is 11.7. The Balaban J connectivity index is 1.50. The minimum Gasteiger partial charge on any atom is -0.343 e. The van der Waals surface area contributed by atoms with E-state index in [0.29, 0.717) is 18.0 Å². The number of nitrogens with zero attached hydrogens (tertiary/aromatic N) is 2. The van der Waals surface area contributed by atoms with Crippen LogP contribution in [0.4, 0.5) is 8.78 Å². The summed E-state index contributed by atoms with van der Waals surface area (Å²) in [6.07, 6.45) is 3.97. The Labute approximate surface area is 139 Å². The van der Waals surface area contributed by atoms with Crippen molar-refractivity contribution in [2.45, 2.75) is 25.3 Å². The van der Waals surface area contributed by atoms with Crippen LogP contribution in [0.1, 0.15) is 30.0 Å². The van der Waals surface area contributed by atoms with Gasteiger partial charge in [-0.3, -0.25) is 4.90 Å². The third kappa shape index (κ3) is 3.17. The van der Waals surface area contributed by atoms with Gasteiger partial charge in [0.25, 0.3) is 0 Å². The van der Waals surface area contributed by atoms with Gasteiger partial charge in [-0.05, 0) is 55.3 Å². The van der Waals surface area contributed by atoms with Gasteiger partial charge in [0.1, 0.15) is 17.3 Å². The van der Waals surface area contributed by atoms with Gasteiger partial charge in [0, 0.05) is 42.4 Å². The summed E-state index contributed by atoms with van der Waals surface area (Å²) in [6, 6.07) is 9.90. The molecule has 1 saturated heterocycles. The molecule has 3 heterocycles. The molecule has 3 nitrogen and oxygen atoms in total. The maximum absolute atomic E-state index is 13.4. The Morgan fingerprint density at radius 1 is 1.17 bits per heavy atom. The number of rotatable bonds is 3. The van der Waals surface area contributed by atoms with Crippen LogP contribution in [-0.4, -0.2) is 28.0 Å². The van der Waals surface area contributed by atoms with Crippen LogP contribution in [-0.2, 0) is 6.54 Å². The molecule has 1 aliphatic rings. The van der Waals surface area contributed by atoms with Crippen LogP contribution in [0, 0.1) is 11.6 Å². The van der Waals surface area contributed by atoms with Crippen molar-refractivity contribution in [3.8, 4) is 0 Å². The molecule has 4 rings (SSSR count). The number of pyridine rings is 1. The summed E-state index contributed by atoms with van der Waals surface area (Å²) in [6.45, 7) is 2.40. The second kappa shape index (κ2) is 6.32. The average Bonchev–Trinajstić information content (AvgIpc) is 2.98. The summed E-state index contributed by atoms with van der Waals surface area (Å²) >= 11 is 0. The molecule has 1 N–H and O–H groups in total. The fourth-order valence-electron chi connectivity index (χ4n) is 3.61. The van der Waals surface area contributed by atoms with Gasteiger partial charge in [0.05, 0.1) is 0 Å². The van der Waals surface area contributed by atoms with Crippen molar-refractivity contribution in [1.82, 2.24) is 14.9 Å². The molecule has 0 bridgehead atoms. The lowest BCUT2D eigenvalue weighted by molar-refractivity contribution is 0.198. The zero-order valence-corrected chi connectivity index (χ0v) is 13.3. The Morgan fingerprint density at radius 2 is 2.00 bits per heavy atom. The second-order valence-electron chi connectivity index (χ2n) is 6.52. The van der Waals surface area contributed by atoms with Crippen molar-refractivity contribution < 1.29 is 8.78 Å². The van der Waals surface area contributed by atoms with Crippen LogP contribution in [0.5, 0.6) is 0 Å². The van der Waals surface area contributed by atoms with Crippen LogP contribution >= 0.6 is 0 Å². The first-order valence-electron chi connectivity index (χ1n) is 8.28. The number of hydrogen-bond donors (Lipinski definition) is 1. The van der Waals surface area contributed by atoms with Gasteiger partial charge in [-0.2, -0.15) is 0 Å². The second-order valence-corrected chi connectivity index (χ2v) is 6.52. The lowest BCUT2D eigenvalue weighted by Gasteiger charge is -2.32. The lowest BCUT2D eigenvalue weighted by Crippen LogP contribution is -2.34. The summed E-state index contributed by atoms with van der Waals surface area (Å²) in [4.78, 5) is 10.0. The lowest BCUT2D eigenvalue weighted by atomic mass is 9.94. The van der Waals surface area contributed by atoms with Gasteiger partial charge in [-0.25, -0.2) is 13.8 Å². The number of H-pyrrole nitrogens is 1. The van der Waals surface area contributed by atoms with Crippen LogP contribution in [0.2, 0.25) is 0 Å². The van der Waals surface area contributed by atoms with E-state index >= 15 is 0 Å². The van der Waals surface area contributed by atoms with E-state index in [1.165, 1.54) is 17.8 Å². The monoisotopic (exact) mass is 327 g/mol. The van der Waals surface area contributed by atoms with Crippen molar-refractivity contribution in [2.24, 2.45) is 0 Å². The number of aromatic nitrogens is 2. The number of piperidine rings is 1. The van der Waals surface area contributed by atoms with E-state index in [1.54, 1.807) is 6.20 Å². The zero-order valence-electron chi connectivity index (χ0n) is 13.3. The van der Waals surface area contributed by atoms with Crippen LogP contribution in [0.25, 0.3) is 11.0 Å². The highest BCUT2D eigenvalue weighted by Crippen LogP contribution is 2.29. The highest BCUT2D eigenvalue weighted by atomic mass is 19.1. The maximum Gasteiger partial charge on any atom is 0.137 e. The van der Waals surface area contributed by atoms with Crippen LogP contribution < -0.4 is 0 Å². The highest BCUT2D eigenvalue weighted by Gasteiger charge is 2.23. The van der Waals surface area contributed by atoms with Gasteiger partial charge in [0.15, 0.2) is 0 Å².